The molecule has 1 nitrogen and oxygen atoms in total. The molecule has 0 saturated carbocycles. The number of fused-ring (bicyclic) bond motifs is 1. The number of rotatable bonds is 5. The number of alkyl halides is 1. The van der Waals surface area contributed by atoms with Gasteiger partial charge in [0.15, 0.2) is 0 Å². The van der Waals surface area contributed by atoms with E-state index < -0.39 is 0 Å². The molecular formula is C17H18ClN. The predicted octanol–water partition coefficient (Wildman–Crippen LogP) is 3.85. The standard InChI is InChI=1S/C17H18ClN/c18-10-13-4-3-5-14(8-13)11-19-12-16-9-15-6-1-2-7-17(15)16/h1-8,16,19H,9-12H2. The third-order valence-electron chi connectivity index (χ3n) is 3.83. The average Bonchev–Trinajstić information content (AvgIpc) is 2.44. The van der Waals surface area contributed by atoms with Gasteiger partial charge in [-0.1, -0.05) is 48.5 Å². The minimum atomic E-state index is 0.587. The fourth-order valence-corrected chi connectivity index (χ4v) is 2.92. The van der Waals surface area contributed by atoms with E-state index in [0.29, 0.717) is 11.8 Å². The first-order valence-electron chi connectivity index (χ1n) is 6.79. The summed E-state index contributed by atoms with van der Waals surface area (Å²) in [6.07, 6.45) is 1.21. The zero-order valence-electron chi connectivity index (χ0n) is 10.9. The van der Waals surface area contributed by atoms with Crippen molar-refractivity contribution in [1.82, 2.24) is 5.32 Å². The molecule has 0 fully saturated rings. The summed E-state index contributed by atoms with van der Waals surface area (Å²) in [4.78, 5) is 0. The molecule has 2 aromatic rings. The minimum Gasteiger partial charge on any atom is -0.312 e. The summed E-state index contributed by atoms with van der Waals surface area (Å²) in [5.74, 6) is 1.27. The zero-order valence-corrected chi connectivity index (χ0v) is 11.7. The maximum Gasteiger partial charge on any atom is 0.0474 e. The minimum absolute atomic E-state index is 0.587. The zero-order chi connectivity index (χ0) is 13.1. The van der Waals surface area contributed by atoms with Crippen molar-refractivity contribution in [1.29, 1.82) is 0 Å². The summed E-state index contributed by atoms with van der Waals surface area (Å²) in [6, 6.07) is 17.2. The Morgan fingerprint density at radius 2 is 1.89 bits per heavy atom. The van der Waals surface area contributed by atoms with Crippen molar-refractivity contribution in [2.75, 3.05) is 6.54 Å². The van der Waals surface area contributed by atoms with Crippen molar-refractivity contribution in [2.45, 2.75) is 24.8 Å². The van der Waals surface area contributed by atoms with Crippen LogP contribution in [0.1, 0.15) is 28.2 Å². The lowest BCUT2D eigenvalue weighted by Gasteiger charge is -2.30. The molecule has 0 amide bonds. The lowest BCUT2D eigenvalue weighted by molar-refractivity contribution is 0.535. The topological polar surface area (TPSA) is 12.0 Å². The average molecular weight is 272 g/mol. The molecule has 98 valence electrons. The molecule has 0 heterocycles. The van der Waals surface area contributed by atoms with Crippen LogP contribution in [0, 0.1) is 0 Å². The largest absolute Gasteiger partial charge is 0.312 e. The van der Waals surface area contributed by atoms with Crippen molar-refractivity contribution in [3.05, 3.63) is 70.8 Å². The van der Waals surface area contributed by atoms with Crippen LogP contribution in [0.5, 0.6) is 0 Å². The Hall–Kier alpha value is -1.31. The molecule has 0 saturated heterocycles. The molecule has 0 spiro atoms. The Morgan fingerprint density at radius 3 is 2.74 bits per heavy atom. The van der Waals surface area contributed by atoms with Gasteiger partial charge >= 0.3 is 0 Å². The van der Waals surface area contributed by atoms with E-state index in [1.807, 2.05) is 0 Å². The van der Waals surface area contributed by atoms with Gasteiger partial charge in [-0.3, -0.25) is 0 Å². The molecule has 19 heavy (non-hydrogen) atoms. The van der Waals surface area contributed by atoms with E-state index in [0.717, 1.165) is 13.1 Å². The summed E-state index contributed by atoms with van der Waals surface area (Å²) in [6.45, 7) is 1.98. The third kappa shape index (κ3) is 2.83. The van der Waals surface area contributed by atoms with Crippen molar-refractivity contribution < 1.29 is 0 Å². The molecule has 2 aromatic carbocycles. The van der Waals surface area contributed by atoms with E-state index in [2.05, 4.69) is 53.8 Å². The monoisotopic (exact) mass is 271 g/mol. The van der Waals surface area contributed by atoms with Crippen LogP contribution in [0.4, 0.5) is 0 Å². The maximum absolute atomic E-state index is 5.85. The third-order valence-corrected chi connectivity index (χ3v) is 4.14. The van der Waals surface area contributed by atoms with Gasteiger partial charge in [0, 0.05) is 24.9 Å². The van der Waals surface area contributed by atoms with Crippen LogP contribution in [0.15, 0.2) is 48.5 Å². The SMILES string of the molecule is ClCc1cccc(CNCC2Cc3ccccc32)c1. The second kappa shape index (κ2) is 5.77. The van der Waals surface area contributed by atoms with Gasteiger partial charge in [0.2, 0.25) is 0 Å². The van der Waals surface area contributed by atoms with Gasteiger partial charge in [0.1, 0.15) is 0 Å². The smallest absolute Gasteiger partial charge is 0.0474 e. The van der Waals surface area contributed by atoms with Crippen LogP contribution in [-0.2, 0) is 18.8 Å². The summed E-state index contributed by atoms with van der Waals surface area (Å²) < 4.78 is 0. The van der Waals surface area contributed by atoms with Crippen LogP contribution in [0.25, 0.3) is 0 Å². The normalized spacial score (nSPS) is 16.8. The lowest BCUT2D eigenvalue weighted by Crippen LogP contribution is -2.28. The van der Waals surface area contributed by atoms with Crippen LogP contribution < -0.4 is 5.32 Å². The van der Waals surface area contributed by atoms with E-state index in [4.69, 9.17) is 11.6 Å². The van der Waals surface area contributed by atoms with Crippen molar-refractivity contribution in [3.8, 4) is 0 Å². The Bertz CT molecular complexity index is 565. The molecule has 1 aliphatic rings. The Kier molecular flexibility index (Phi) is 3.86. The first kappa shape index (κ1) is 12.7. The fourth-order valence-electron chi connectivity index (χ4n) is 2.76. The van der Waals surface area contributed by atoms with E-state index >= 15 is 0 Å². The summed E-state index contributed by atoms with van der Waals surface area (Å²) in [5, 5.41) is 3.55. The molecule has 1 atom stereocenters. The molecule has 3 rings (SSSR count). The quantitative estimate of drug-likeness (QED) is 0.815. The highest BCUT2D eigenvalue weighted by molar-refractivity contribution is 6.17. The number of benzene rings is 2. The molecule has 0 aromatic heterocycles. The summed E-state index contributed by atoms with van der Waals surface area (Å²) in [5.41, 5.74) is 5.53. The molecule has 0 radical (unpaired) electrons. The van der Waals surface area contributed by atoms with Gasteiger partial charge in [-0.15, -0.1) is 11.6 Å². The molecule has 1 aliphatic carbocycles. The lowest BCUT2D eigenvalue weighted by atomic mass is 9.77. The van der Waals surface area contributed by atoms with E-state index in [-0.39, 0.29) is 0 Å². The molecule has 0 aliphatic heterocycles. The van der Waals surface area contributed by atoms with Gasteiger partial charge in [-0.25, -0.2) is 0 Å². The highest BCUT2D eigenvalue weighted by Gasteiger charge is 2.24. The second-order valence-corrected chi connectivity index (χ2v) is 5.45. The van der Waals surface area contributed by atoms with Gasteiger partial charge in [0.25, 0.3) is 0 Å². The first-order chi connectivity index (χ1) is 9.36. The van der Waals surface area contributed by atoms with E-state index in [9.17, 15) is 0 Å². The summed E-state index contributed by atoms with van der Waals surface area (Å²) >= 11 is 5.85. The Morgan fingerprint density at radius 1 is 1.05 bits per heavy atom. The van der Waals surface area contributed by atoms with Crippen molar-refractivity contribution in [3.63, 3.8) is 0 Å². The number of hydrogen-bond acceptors (Lipinski definition) is 1. The first-order valence-corrected chi connectivity index (χ1v) is 7.32. The van der Waals surface area contributed by atoms with Crippen molar-refractivity contribution >= 4 is 11.6 Å². The Labute approximate surface area is 119 Å². The highest BCUT2D eigenvalue weighted by atomic mass is 35.5. The number of hydrogen-bond donors (Lipinski definition) is 1. The number of nitrogens with one attached hydrogen (secondary N) is 1. The molecule has 1 N–H and O–H groups in total. The van der Waals surface area contributed by atoms with Crippen LogP contribution >= 0.6 is 11.6 Å². The van der Waals surface area contributed by atoms with Crippen LogP contribution in [-0.4, -0.2) is 6.54 Å². The summed E-state index contributed by atoms with van der Waals surface area (Å²) in [7, 11) is 0. The molecule has 1 unspecified atom stereocenters. The van der Waals surface area contributed by atoms with Crippen LogP contribution in [0.3, 0.4) is 0 Å². The molecule has 0 bridgehead atoms. The highest BCUT2D eigenvalue weighted by Crippen LogP contribution is 2.33. The number of halogens is 1. The van der Waals surface area contributed by atoms with Gasteiger partial charge in [0.05, 0.1) is 0 Å². The fraction of sp³-hybridized carbons (Fsp3) is 0.294. The van der Waals surface area contributed by atoms with E-state index in [1.165, 1.54) is 28.7 Å². The second-order valence-electron chi connectivity index (χ2n) is 5.18. The molecular weight excluding hydrogens is 254 g/mol. The van der Waals surface area contributed by atoms with Gasteiger partial charge in [-0.2, -0.15) is 0 Å². The van der Waals surface area contributed by atoms with Crippen LogP contribution in [0.2, 0.25) is 0 Å². The Balaban J connectivity index is 1.52. The van der Waals surface area contributed by atoms with Crippen molar-refractivity contribution in [2.24, 2.45) is 0 Å². The van der Waals surface area contributed by atoms with Gasteiger partial charge in [-0.05, 0) is 28.7 Å². The predicted molar refractivity (Wildman–Crippen MR) is 80.6 cm³/mol. The molecule has 2 heteroatoms. The van der Waals surface area contributed by atoms with E-state index in [1.54, 1.807) is 0 Å². The maximum atomic E-state index is 5.85. The van der Waals surface area contributed by atoms with Gasteiger partial charge < -0.3 is 5.32 Å².